The number of hydrogen-bond acceptors (Lipinski definition) is 3. The lowest BCUT2D eigenvalue weighted by Crippen LogP contribution is -2.32. The molecule has 0 saturated heterocycles. The summed E-state index contributed by atoms with van der Waals surface area (Å²) >= 11 is 0. The number of aryl methyl sites for hydroxylation is 1. The molecule has 0 radical (unpaired) electrons. The number of carbonyl (C=O) groups excluding carboxylic acids is 1. The molecule has 86 valence electrons. The van der Waals surface area contributed by atoms with Crippen molar-refractivity contribution < 1.29 is 4.79 Å². The van der Waals surface area contributed by atoms with E-state index in [4.69, 9.17) is 0 Å². The number of aliphatic imine (C=N–C) groups is 1. The zero-order valence-corrected chi connectivity index (χ0v) is 9.66. The number of nitrogens with zero attached hydrogens (tertiary/aromatic N) is 2. The Morgan fingerprint density at radius 1 is 1.47 bits per heavy atom. The van der Waals surface area contributed by atoms with Crippen LogP contribution in [0.2, 0.25) is 0 Å². The molecule has 1 aliphatic carbocycles. The molecule has 1 aromatic carbocycles. The molecule has 1 aliphatic rings. The van der Waals surface area contributed by atoms with Crippen molar-refractivity contribution in [3.63, 3.8) is 0 Å². The average molecular weight is 227 g/mol. The van der Waals surface area contributed by atoms with Crippen molar-refractivity contribution in [2.75, 3.05) is 0 Å². The summed E-state index contributed by atoms with van der Waals surface area (Å²) < 4.78 is 0. The minimum Gasteiger partial charge on any atom is -0.342 e. The molecular weight excluding hydrogens is 214 g/mol. The average Bonchev–Trinajstić information content (AvgIpc) is 2.63. The SMILES string of the molecule is Cc1nc2c(C3(N=C=O)CCC3)cccc2[nH]1. The summed E-state index contributed by atoms with van der Waals surface area (Å²) in [4.78, 5) is 22.3. The second-order valence-corrected chi connectivity index (χ2v) is 4.61. The number of H-pyrrole nitrogens is 1. The largest absolute Gasteiger partial charge is 0.342 e. The van der Waals surface area contributed by atoms with Crippen molar-refractivity contribution in [1.29, 1.82) is 0 Å². The molecule has 3 rings (SSSR count). The maximum Gasteiger partial charge on any atom is 0.235 e. The normalized spacial score (nSPS) is 17.5. The van der Waals surface area contributed by atoms with E-state index < -0.39 is 0 Å². The predicted molar refractivity (Wildman–Crippen MR) is 64.5 cm³/mol. The highest BCUT2D eigenvalue weighted by atomic mass is 16.1. The van der Waals surface area contributed by atoms with Gasteiger partial charge in [0.15, 0.2) is 0 Å². The summed E-state index contributed by atoms with van der Waals surface area (Å²) in [5, 5.41) is 0. The number of aromatic nitrogens is 2. The van der Waals surface area contributed by atoms with Gasteiger partial charge in [-0.2, -0.15) is 4.99 Å². The van der Waals surface area contributed by atoms with Crippen LogP contribution in [0.3, 0.4) is 0 Å². The van der Waals surface area contributed by atoms with Gasteiger partial charge in [0.05, 0.1) is 11.0 Å². The Morgan fingerprint density at radius 3 is 2.94 bits per heavy atom. The van der Waals surface area contributed by atoms with Crippen LogP contribution in [-0.2, 0) is 10.3 Å². The minimum atomic E-state index is -0.372. The summed E-state index contributed by atoms with van der Waals surface area (Å²) in [5.74, 6) is 0.886. The monoisotopic (exact) mass is 227 g/mol. The molecule has 1 fully saturated rings. The van der Waals surface area contributed by atoms with E-state index in [-0.39, 0.29) is 5.54 Å². The molecular formula is C13H13N3O. The van der Waals surface area contributed by atoms with Crippen LogP contribution < -0.4 is 0 Å². The first-order valence-electron chi connectivity index (χ1n) is 5.80. The maximum absolute atomic E-state index is 10.6. The number of imidazole rings is 1. The number of rotatable bonds is 2. The molecule has 4 nitrogen and oxygen atoms in total. The molecule has 4 heteroatoms. The molecule has 1 aromatic heterocycles. The van der Waals surface area contributed by atoms with Gasteiger partial charge in [-0.3, -0.25) is 0 Å². The van der Waals surface area contributed by atoms with E-state index in [1.165, 1.54) is 0 Å². The van der Waals surface area contributed by atoms with Crippen LogP contribution in [0, 0.1) is 6.92 Å². The number of hydrogen-bond donors (Lipinski definition) is 1. The predicted octanol–water partition coefficient (Wildman–Crippen LogP) is 2.59. The second-order valence-electron chi connectivity index (χ2n) is 4.61. The van der Waals surface area contributed by atoms with E-state index in [2.05, 4.69) is 15.0 Å². The molecule has 2 aromatic rings. The van der Waals surface area contributed by atoms with Gasteiger partial charge >= 0.3 is 0 Å². The maximum atomic E-state index is 10.6. The van der Waals surface area contributed by atoms with Crippen molar-refractivity contribution >= 4 is 17.1 Å². The van der Waals surface area contributed by atoms with E-state index in [1.54, 1.807) is 6.08 Å². The Kier molecular flexibility index (Phi) is 2.13. The van der Waals surface area contributed by atoms with Gasteiger partial charge in [0.25, 0.3) is 0 Å². The lowest BCUT2D eigenvalue weighted by atomic mass is 9.72. The molecule has 1 N–H and O–H groups in total. The standard InChI is InChI=1S/C13H13N3O/c1-9-15-11-5-2-4-10(12(11)16-9)13(14-8-17)6-3-7-13/h2,4-5H,3,6-7H2,1H3,(H,15,16). The van der Waals surface area contributed by atoms with Gasteiger partial charge in [-0.15, -0.1) is 0 Å². The van der Waals surface area contributed by atoms with Crippen LogP contribution in [0.25, 0.3) is 11.0 Å². The second kappa shape index (κ2) is 3.54. The highest BCUT2D eigenvalue weighted by molar-refractivity contribution is 5.80. The first kappa shape index (κ1) is 10.2. The van der Waals surface area contributed by atoms with E-state index >= 15 is 0 Å². The fourth-order valence-corrected chi connectivity index (χ4v) is 2.57. The Morgan fingerprint density at radius 2 is 2.29 bits per heavy atom. The lowest BCUT2D eigenvalue weighted by molar-refractivity contribution is 0.258. The van der Waals surface area contributed by atoms with Crippen LogP contribution in [-0.4, -0.2) is 16.0 Å². The van der Waals surface area contributed by atoms with E-state index in [1.807, 2.05) is 25.1 Å². The third-order valence-corrected chi connectivity index (χ3v) is 3.57. The van der Waals surface area contributed by atoms with Gasteiger partial charge in [-0.05, 0) is 32.3 Å². The molecule has 0 bridgehead atoms. The van der Waals surface area contributed by atoms with Crippen molar-refractivity contribution in [2.24, 2.45) is 4.99 Å². The number of isocyanates is 1. The molecule has 1 heterocycles. The van der Waals surface area contributed by atoms with E-state index in [0.717, 1.165) is 41.7 Å². The fourth-order valence-electron chi connectivity index (χ4n) is 2.57. The van der Waals surface area contributed by atoms with Crippen LogP contribution in [0.5, 0.6) is 0 Å². The molecule has 0 aliphatic heterocycles. The third kappa shape index (κ3) is 1.41. The molecule has 0 spiro atoms. The minimum absolute atomic E-state index is 0.372. The Hall–Kier alpha value is -1.93. The summed E-state index contributed by atoms with van der Waals surface area (Å²) in [6.07, 6.45) is 4.64. The first-order valence-corrected chi connectivity index (χ1v) is 5.80. The summed E-state index contributed by atoms with van der Waals surface area (Å²) in [6, 6.07) is 5.99. The van der Waals surface area contributed by atoms with E-state index in [9.17, 15) is 4.79 Å². The third-order valence-electron chi connectivity index (χ3n) is 3.57. The van der Waals surface area contributed by atoms with Crippen molar-refractivity contribution in [3.05, 3.63) is 29.6 Å². The Balaban J connectivity index is 2.25. The fraction of sp³-hybridized carbons (Fsp3) is 0.385. The zero-order chi connectivity index (χ0) is 11.9. The number of nitrogens with one attached hydrogen (secondary N) is 1. The van der Waals surface area contributed by atoms with Crippen molar-refractivity contribution in [1.82, 2.24) is 9.97 Å². The molecule has 0 amide bonds. The van der Waals surface area contributed by atoms with E-state index in [0.29, 0.717) is 0 Å². The first-order chi connectivity index (χ1) is 8.25. The number of para-hydroxylation sites is 1. The summed E-state index contributed by atoms with van der Waals surface area (Å²) in [7, 11) is 0. The van der Waals surface area contributed by atoms with Crippen LogP contribution >= 0.6 is 0 Å². The smallest absolute Gasteiger partial charge is 0.235 e. The van der Waals surface area contributed by atoms with Gasteiger partial charge in [-0.1, -0.05) is 12.1 Å². The number of aromatic amines is 1. The van der Waals surface area contributed by atoms with Crippen LogP contribution in [0.4, 0.5) is 0 Å². The Labute approximate surface area is 98.8 Å². The topological polar surface area (TPSA) is 58.1 Å². The quantitative estimate of drug-likeness (QED) is 0.633. The molecule has 17 heavy (non-hydrogen) atoms. The number of benzene rings is 1. The summed E-state index contributed by atoms with van der Waals surface area (Å²) in [6.45, 7) is 1.93. The number of fused-ring (bicyclic) bond motifs is 1. The zero-order valence-electron chi connectivity index (χ0n) is 9.66. The molecule has 0 atom stereocenters. The van der Waals surface area contributed by atoms with Gasteiger partial charge in [0.2, 0.25) is 6.08 Å². The van der Waals surface area contributed by atoms with Gasteiger partial charge in [0.1, 0.15) is 11.4 Å². The highest BCUT2D eigenvalue weighted by Crippen LogP contribution is 2.46. The lowest BCUT2D eigenvalue weighted by Gasteiger charge is -2.37. The summed E-state index contributed by atoms with van der Waals surface area (Å²) in [5.41, 5.74) is 2.62. The Bertz CT molecular complexity index is 619. The van der Waals surface area contributed by atoms with Gasteiger partial charge in [0, 0.05) is 5.56 Å². The van der Waals surface area contributed by atoms with Crippen LogP contribution in [0.1, 0.15) is 30.7 Å². The van der Waals surface area contributed by atoms with Crippen molar-refractivity contribution in [3.8, 4) is 0 Å². The molecule has 0 unspecified atom stereocenters. The highest BCUT2D eigenvalue weighted by Gasteiger charge is 2.40. The van der Waals surface area contributed by atoms with Gasteiger partial charge < -0.3 is 4.98 Å². The van der Waals surface area contributed by atoms with Gasteiger partial charge in [-0.25, -0.2) is 9.78 Å². The van der Waals surface area contributed by atoms with Crippen molar-refractivity contribution in [2.45, 2.75) is 31.7 Å². The molecule has 1 saturated carbocycles. The van der Waals surface area contributed by atoms with Crippen LogP contribution in [0.15, 0.2) is 23.2 Å².